The van der Waals surface area contributed by atoms with Crippen molar-refractivity contribution < 1.29 is 9.76 Å². The Kier molecular flexibility index (Phi) is 4.52. The minimum Gasteiger partial charge on any atom is -0.427 e. The Labute approximate surface area is 202 Å². The number of aliphatic hydroxyl groups is 1. The van der Waals surface area contributed by atoms with E-state index in [1.807, 2.05) is 27.7 Å². The fourth-order valence-corrected chi connectivity index (χ4v) is 5.80. The summed E-state index contributed by atoms with van der Waals surface area (Å²) >= 11 is 0. The zero-order valence-electron chi connectivity index (χ0n) is 20.2. The predicted octanol–water partition coefficient (Wildman–Crippen LogP) is 5.57. The van der Waals surface area contributed by atoms with E-state index in [0.29, 0.717) is 7.48 Å². The van der Waals surface area contributed by atoms with Crippen LogP contribution in [-0.4, -0.2) is 23.8 Å². The van der Waals surface area contributed by atoms with Gasteiger partial charge in [0.05, 0.1) is 16.6 Å². The first-order valence-corrected chi connectivity index (χ1v) is 12.0. The van der Waals surface area contributed by atoms with Gasteiger partial charge in [-0.25, -0.2) is 0 Å². The second kappa shape index (κ2) is 7.18. The van der Waals surface area contributed by atoms with Crippen LogP contribution in [0.15, 0.2) is 91.0 Å². The Morgan fingerprint density at radius 1 is 0.618 bits per heavy atom. The molecule has 0 radical (unpaired) electrons. The van der Waals surface area contributed by atoms with Crippen molar-refractivity contribution in [2.24, 2.45) is 0 Å². The molecular weight excluding hydrogens is 415 g/mol. The molecule has 168 valence electrons. The molecule has 1 spiro atoms. The lowest BCUT2D eigenvalue weighted by atomic mass is 9.65. The molecule has 4 aromatic carbocycles. The third-order valence-corrected chi connectivity index (χ3v) is 8.16. The zero-order valence-corrected chi connectivity index (χ0v) is 20.2. The summed E-state index contributed by atoms with van der Waals surface area (Å²) in [5.41, 5.74) is 9.58. The molecule has 4 aromatic rings. The highest BCUT2D eigenvalue weighted by atomic mass is 16.5. The van der Waals surface area contributed by atoms with Crippen molar-refractivity contribution in [1.82, 2.24) is 0 Å². The van der Waals surface area contributed by atoms with Gasteiger partial charge in [-0.1, -0.05) is 91.0 Å². The topological polar surface area (TPSA) is 29.5 Å². The Morgan fingerprint density at radius 2 is 1.06 bits per heavy atom. The summed E-state index contributed by atoms with van der Waals surface area (Å²) in [5, 5.41) is 10.7. The van der Waals surface area contributed by atoms with Gasteiger partial charge < -0.3 is 9.76 Å². The van der Waals surface area contributed by atoms with Crippen molar-refractivity contribution in [3.63, 3.8) is 0 Å². The van der Waals surface area contributed by atoms with E-state index in [4.69, 9.17) is 4.65 Å². The summed E-state index contributed by atoms with van der Waals surface area (Å²) in [6.45, 7) is 7.54. The van der Waals surface area contributed by atoms with Gasteiger partial charge in [0.25, 0.3) is 0 Å². The molecule has 1 N–H and O–H groups in total. The van der Waals surface area contributed by atoms with Crippen molar-refractivity contribution in [1.29, 1.82) is 0 Å². The molecule has 0 unspecified atom stereocenters. The van der Waals surface area contributed by atoms with Gasteiger partial charge in [0.1, 0.15) is 0 Å². The summed E-state index contributed by atoms with van der Waals surface area (Å²) in [6, 6.07) is 33.1. The van der Waals surface area contributed by atoms with Crippen LogP contribution in [0.5, 0.6) is 0 Å². The summed E-state index contributed by atoms with van der Waals surface area (Å²) < 4.78 is 6.43. The predicted molar refractivity (Wildman–Crippen MR) is 141 cm³/mol. The van der Waals surface area contributed by atoms with E-state index < -0.39 is 11.2 Å². The maximum absolute atomic E-state index is 10.7. The summed E-state index contributed by atoms with van der Waals surface area (Å²) in [5.74, 6) is 0. The average Bonchev–Trinajstić information content (AvgIpc) is 3.30. The molecule has 0 aliphatic heterocycles. The molecule has 0 saturated carbocycles. The molecule has 34 heavy (non-hydrogen) atoms. The third-order valence-electron chi connectivity index (χ3n) is 8.16. The Bertz CT molecular complexity index is 1360. The minimum atomic E-state index is -0.960. The summed E-state index contributed by atoms with van der Waals surface area (Å²) in [6.07, 6.45) is 0. The molecule has 2 aliphatic rings. The molecule has 0 saturated heterocycles. The number of hydrogen-bond acceptors (Lipinski definition) is 2. The SMILES string of the molecule is CC(C)(O)C(C)(C)OBc1cccc2c1C1(c3ccccc3-c3ccccc31)c1ccccc1-2. The summed E-state index contributed by atoms with van der Waals surface area (Å²) in [4.78, 5) is 0. The third kappa shape index (κ3) is 2.71. The van der Waals surface area contributed by atoms with E-state index in [2.05, 4.69) is 91.0 Å². The second-order valence-electron chi connectivity index (χ2n) is 10.6. The maximum atomic E-state index is 10.7. The lowest BCUT2D eigenvalue weighted by Crippen LogP contribution is -2.50. The largest absolute Gasteiger partial charge is 0.427 e. The van der Waals surface area contributed by atoms with E-state index in [9.17, 15) is 5.11 Å². The van der Waals surface area contributed by atoms with Crippen molar-refractivity contribution in [3.8, 4) is 22.3 Å². The Morgan fingerprint density at radius 3 is 1.56 bits per heavy atom. The van der Waals surface area contributed by atoms with Gasteiger partial charge in [-0.3, -0.25) is 0 Å². The molecule has 2 nitrogen and oxygen atoms in total. The molecule has 2 aliphatic carbocycles. The molecule has 0 fully saturated rings. The van der Waals surface area contributed by atoms with Crippen LogP contribution >= 0.6 is 0 Å². The van der Waals surface area contributed by atoms with E-state index in [1.54, 1.807) is 0 Å². The molecular formula is C31H29BO2. The van der Waals surface area contributed by atoms with Crippen LogP contribution in [0.3, 0.4) is 0 Å². The van der Waals surface area contributed by atoms with E-state index in [-0.39, 0.29) is 5.41 Å². The maximum Gasteiger partial charge on any atom is 0.309 e. The van der Waals surface area contributed by atoms with Gasteiger partial charge in [0, 0.05) is 0 Å². The van der Waals surface area contributed by atoms with Gasteiger partial charge in [-0.05, 0) is 77.7 Å². The Hall–Kier alpha value is -3.14. The van der Waals surface area contributed by atoms with Crippen LogP contribution in [0.1, 0.15) is 49.9 Å². The number of hydrogen-bond donors (Lipinski definition) is 1. The van der Waals surface area contributed by atoms with Crippen LogP contribution in [-0.2, 0) is 10.1 Å². The summed E-state index contributed by atoms with van der Waals surface area (Å²) in [7, 11) is 0.431. The average molecular weight is 444 g/mol. The van der Waals surface area contributed by atoms with Crippen molar-refractivity contribution >= 4 is 12.9 Å². The smallest absolute Gasteiger partial charge is 0.309 e. The molecule has 0 amide bonds. The van der Waals surface area contributed by atoms with Crippen LogP contribution in [0.2, 0.25) is 0 Å². The molecule has 6 rings (SSSR count). The number of rotatable bonds is 4. The van der Waals surface area contributed by atoms with Gasteiger partial charge in [-0.15, -0.1) is 0 Å². The first kappa shape index (κ1) is 21.4. The normalized spacial score (nSPS) is 15.0. The lowest BCUT2D eigenvalue weighted by Gasteiger charge is -2.38. The van der Waals surface area contributed by atoms with E-state index >= 15 is 0 Å². The molecule has 0 heterocycles. The first-order valence-electron chi connectivity index (χ1n) is 12.0. The highest BCUT2D eigenvalue weighted by Crippen LogP contribution is 2.62. The minimum absolute atomic E-state index is 0.377. The van der Waals surface area contributed by atoms with Crippen molar-refractivity contribution in [3.05, 3.63) is 113 Å². The molecule has 3 heteroatoms. The van der Waals surface area contributed by atoms with Gasteiger partial charge in [-0.2, -0.15) is 0 Å². The number of benzene rings is 4. The fraction of sp³-hybridized carbons (Fsp3) is 0.226. The Balaban J connectivity index is 1.65. The second-order valence-corrected chi connectivity index (χ2v) is 10.6. The monoisotopic (exact) mass is 444 g/mol. The van der Waals surface area contributed by atoms with Crippen LogP contribution < -0.4 is 5.46 Å². The van der Waals surface area contributed by atoms with Crippen molar-refractivity contribution in [2.45, 2.75) is 44.3 Å². The fourth-order valence-electron chi connectivity index (χ4n) is 5.80. The molecule has 0 aromatic heterocycles. The van der Waals surface area contributed by atoms with Gasteiger partial charge in [0.15, 0.2) is 0 Å². The molecule has 0 atom stereocenters. The van der Waals surface area contributed by atoms with Gasteiger partial charge >= 0.3 is 7.48 Å². The zero-order chi connectivity index (χ0) is 23.7. The van der Waals surface area contributed by atoms with Crippen molar-refractivity contribution in [2.75, 3.05) is 0 Å². The quantitative estimate of drug-likeness (QED) is 0.360. The highest BCUT2D eigenvalue weighted by molar-refractivity contribution is 6.48. The van der Waals surface area contributed by atoms with Gasteiger partial charge in [0.2, 0.25) is 0 Å². The van der Waals surface area contributed by atoms with Crippen LogP contribution in [0.25, 0.3) is 22.3 Å². The van der Waals surface area contributed by atoms with Crippen LogP contribution in [0.4, 0.5) is 0 Å². The molecule has 0 bridgehead atoms. The van der Waals surface area contributed by atoms with E-state index in [0.717, 1.165) is 5.46 Å². The van der Waals surface area contributed by atoms with E-state index in [1.165, 1.54) is 44.5 Å². The first-order chi connectivity index (χ1) is 16.3. The lowest BCUT2D eigenvalue weighted by molar-refractivity contribution is -0.0893. The standard InChI is InChI=1S/C31H29BO2/c1-29(2,33)30(3,4)34-32-27-19-11-15-23-22-14-7-10-18-26(22)31(28(23)27)24-16-8-5-12-20(24)21-13-6-9-17-25(21)31/h5-19,32-33H,1-4H3. The highest BCUT2D eigenvalue weighted by Gasteiger charge is 2.52. The van der Waals surface area contributed by atoms with Crippen LogP contribution in [0, 0.1) is 0 Å². The number of fused-ring (bicyclic) bond motifs is 10.